The number of rotatable bonds is 8. The van der Waals surface area contributed by atoms with Crippen LogP contribution in [-0.4, -0.2) is 43.9 Å². The van der Waals surface area contributed by atoms with Gasteiger partial charge >= 0.3 is 0 Å². The van der Waals surface area contributed by atoms with Crippen molar-refractivity contribution in [2.24, 2.45) is 0 Å². The molecule has 162 valence electrons. The molecule has 0 amide bonds. The van der Waals surface area contributed by atoms with Crippen LogP contribution >= 0.6 is 0 Å². The van der Waals surface area contributed by atoms with E-state index >= 15 is 0 Å². The van der Waals surface area contributed by atoms with Gasteiger partial charge in [0.25, 0.3) is 0 Å². The highest BCUT2D eigenvalue weighted by Gasteiger charge is 2.29. The summed E-state index contributed by atoms with van der Waals surface area (Å²) in [5.41, 5.74) is 4.49. The minimum atomic E-state index is -1.62. The Morgan fingerprint density at radius 3 is 2.35 bits per heavy atom. The van der Waals surface area contributed by atoms with Crippen molar-refractivity contribution in [2.45, 2.75) is 50.1 Å². The minimum Gasteiger partial charge on any atom is -0.393 e. The Hall–Kier alpha value is -2.64. The van der Waals surface area contributed by atoms with Gasteiger partial charge in [0.15, 0.2) is 6.29 Å². The normalized spacial score (nSPS) is 16.3. The van der Waals surface area contributed by atoms with Crippen LogP contribution in [0.2, 0.25) is 0 Å². The first-order chi connectivity index (χ1) is 14.9. The van der Waals surface area contributed by atoms with Crippen molar-refractivity contribution in [1.29, 1.82) is 0 Å². The fourth-order valence-corrected chi connectivity index (χ4v) is 3.91. The summed E-state index contributed by atoms with van der Waals surface area (Å²) in [5, 5.41) is 39.2. The largest absolute Gasteiger partial charge is 0.393 e. The molecule has 4 N–H and O–H groups in total. The van der Waals surface area contributed by atoms with Crippen LogP contribution in [0.5, 0.6) is 0 Å². The quantitative estimate of drug-likeness (QED) is 0.414. The average molecular weight is 423 g/mol. The van der Waals surface area contributed by atoms with Crippen molar-refractivity contribution in [3.8, 4) is 11.1 Å². The van der Waals surface area contributed by atoms with E-state index in [-0.39, 0.29) is 18.7 Å². The first kappa shape index (κ1) is 21.6. The molecule has 1 heterocycles. The van der Waals surface area contributed by atoms with E-state index in [1.807, 2.05) is 30.3 Å². The molecule has 0 unspecified atom stereocenters. The fraction of sp³-hybridized carbons (Fsp3) is 0.320. The molecule has 0 aliphatic heterocycles. The summed E-state index contributed by atoms with van der Waals surface area (Å²) in [5.74, 6) is 0.0350. The molecule has 0 bridgehead atoms. The Morgan fingerprint density at radius 2 is 1.68 bits per heavy atom. The molecule has 0 saturated heterocycles. The second-order valence-corrected chi connectivity index (χ2v) is 8.12. The van der Waals surface area contributed by atoms with Crippen molar-refractivity contribution in [1.82, 2.24) is 4.98 Å². The van der Waals surface area contributed by atoms with Gasteiger partial charge in [0.1, 0.15) is 5.82 Å². The summed E-state index contributed by atoms with van der Waals surface area (Å²) < 4.78 is 13.6. The Labute approximate surface area is 180 Å². The number of aromatic nitrogens is 1. The lowest BCUT2D eigenvalue weighted by molar-refractivity contribution is -0.0739. The number of benzene rings is 2. The molecule has 31 heavy (non-hydrogen) atoms. The van der Waals surface area contributed by atoms with Gasteiger partial charge in [-0.15, -0.1) is 0 Å². The highest BCUT2D eigenvalue weighted by molar-refractivity contribution is 5.99. The van der Waals surface area contributed by atoms with Gasteiger partial charge in [-0.25, -0.2) is 4.39 Å². The summed E-state index contributed by atoms with van der Waals surface area (Å²) in [6.07, 6.45) is 1.65. The zero-order valence-electron chi connectivity index (χ0n) is 17.0. The second-order valence-electron chi connectivity index (χ2n) is 8.12. The summed E-state index contributed by atoms with van der Waals surface area (Å²) in [6.45, 7) is 0. The third kappa shape index (κ3) is 5.17. The smallest absolute Gasteiger partial charge is 0.153 e. The number of para-hydroxylation sites is 1. The number of hydrogen-bond donors (Lipinski definition) is 4. The number of nitrogens with zero attached hydrogens (tertiary/aromatic N) is 1. The first-order valence-electron chi connectivity index (χ1n) is 10.5. The molecule has 1 aliphatic rings. The van der Waals surface area contributed by atoms with Gasteiger partial charge in [0.2, 0.25) is 0 Å². The number of fused-ring (bicyclic) bond motifs is 1. The number of halogens is 1. The lowest BCUT2D eigenvalue weighted by Crippen LogP contribution is -2.21. The van der Waals surface area contributed by atoms with Gasteiger partial charge < -0.3 is 20.4 Å². The minimum absolute atomic E-state index is 0.0141. The fourth-order valence-electron chi connectivity index (χ4n) is 3.91. The van der Waals surface area contributed by atoms with Crippen LogP contribution in [-0.2, 0) is 0 Å². The van der Waals surface area contributed by atoms with E-state index in [4.69, 9.17) is 15.2 Å². The van der Waals surface area contributed by atoms with Crippen LogP contribution in [0.4, 0.5) is 4.39 Å². The molecule has 3 aromatic rings. The van der Waals surface area contributed by atoms with E-state index in [0.717, 1.165) is 46.1 Å². The number of aliphatic hydroxyl groups excluding tert-OH is 3. The van der Waals surface area contributed by atoms with Crippen LogP contribution in [0.15, 0.2) is 54.6 Å². The molecule has 1 fully saturated rings. The topological polar surface area (TPSA) is 93.8 Å². The summed E-state index contributed by atoms with van der Waals surface area (Å²) in [7, 11) is 0. The average Bonchev–Trinajstić information content (AvgIpc) is 3.56. The van der Waals surface area contributed by atoms with Crippen LogP contribution in [0, 0.1) is 5.82 Å². The molecule has 5 nitrogen and oxygen atoms in total. The van der Waals surface area contributed by atoms with E-state index in [0.29, 0.717) is 5.92 Å². The molecular formula is C25H26FNO4. The maximum Gasteiger partial charge on any atom is 0.153 e. The van der Waals surface area contributed by atoms with E-state index < -0.39 is 18.5 Å². The van der Waals surface area contributed by atoms with Crippen LogP contribution < -0.4 is 0 Å². The van der Waals surface area contributed by atoms with Crippen molar-refractivity contribution < 1.29 is 24.8 Å². The third-order valence-corrected chi connectivity index (χ3v) is 5.54. The maximum absolute atomic E-state index is 13.6. The van der Waals surface area contributed by atoms with Gasteiger partial charge in [0.05, 0.1) is 23.4 Å². The van der Waals surface area contributed by atoms with E-state index in [9.17, 15) is 14.6 Å². The Balaban J connectivity index is 1.78. The first-order valence-corrected chi connectivity index (χ1v) is 10.5. The molecule has 1 aromatic heterocycles. The van der Waals surface area contributed by atoms with Gasteiger partial charge in [-0.05, 0) is 36.6 Å². The van der Waals surface area contributed by atoms with Crippen LogP contribution in [0.1, 0.15) is 42.9 Å². The Morgan fingerprint density at radius 1 is 0.968 bits per heavy atom. The SMILES string of the molecule is OC(O)C[C@H](O)C[C@H](O)/C=C/c1c(C2CC2)nc2ccccc2c1-c1ccc(F)cc1. The lowest BCUT2D eigenvalue weighted by atomic mass is 9.92. The number of hydrogen-bond acceptors (Lipinski definition) is 5. The van der Waals surface area contributed by atoms with E-state index in [1.165, 1.54) is 12.1 Å². The van der Waals surface area contributed by atoms with Crippen LogP contribution in [0.25, 0.3) is 28.1 Å². The number of pyridine rings is 1. The molecule has 2 atom stereocenters. The molecule has 1 aliphatic carbocycles. The molecule has 0 spiro atoms. The number of aliphatic hydroxyl groups is 4. The van der Waals surface area contributed by atoms with Crippen LogP contribution in [0.3, 0.4) is 0 Å². The van der Waals surface area contributed by atoms with Crippen molar-refractivity contribution in [2.75, 3.05) is 0 Å². The van der Waals surface area contributed by atoms with E-state index in [2.05, 4.69) is 0 Å². The summed E-state index contributed by atoms with van der Waals surface area (Å²) in [6, 6.07) is 14.2. The van der Waals surface area contributed by atoms with E-state index in [1.54, 1.807) is 18.2 Å². The van der Waals surface area contributed by atoms with Gasteiger partial charge in [-0.1, -0.05) is 42.5 Å². The van der Waals surface area contributed by atoms with Gasteiger partial charge in [-0.3, -0.25) is 4.98 Å². The lowest BCUT2D eigenvalue weighted by Gasteiger charge is -2.17. The predicted octanol–water partition coefficient (Wildman–Crippen LogP) is 3.74. The third-order valence-electron chi connectivity index (χ3n) is 5.54. The second kappa shape index (κ2) is 9.24. The van der Waals surface area contributed by atoms with Crippen molar-refractivity contribution in [3.05, 3.63) is 71.7 Å². The summed E-state index contributed by atoms with van der Waals surface area (Å²) >= 11 is 0. The highest BCUT2D eigenvalue weighted by Crippen LogP contribution is 2.45. The molecular weight excluding hydrogens is 397 g/mol. The van der Waals surface area contributed by atoms with Gasteiger partial charge in [-0.2, -0.15) is 0 Å². The molecule has 0 radical (unpaired) electrons. The zero-order chi connectivity index (χ0) is 22.0. The molecule has 4 rings (SSSR count). The monoisotopic (exact) mass is 423 g/mol. The standard InChI is InChI=1S/C25H26FNO4/c26-17-9-7-15(8-10-17)24-20-3-1-2-4-22(20)27-25(16-5-6-16)21(24)12-11-18(28)13-19(29)14-23(30)31/h1-4,7-12,16,18-19,23,28-31H,5-6,13-14H2/b12-11+/t18-,19-/m1/s1. The van der Waals surface area contributed by atoms with Crippen molar-refractivity contribution >= 4 is 17.0 Å². The van der Waals surface area contributed by atoms with Gasteiger partial charge in [0, 0.05) is 35.3 Å². The summed E-state index contributed by atoms with van der Waals surface area (Å²) in [4.78, 5) is 4.90. The Kier molecular flexibility index (Phi) is 6.43. The highest BCUT2D eigenvalue weighted by atomic mass is 19.1. The molecule has 1 saturated carbocycles. The zero-order valence-corrected chi connectivity index (χ0v) is 17.0. The maximum atomic E-state index is 13.6. The van der Waals surface area contributed by atoms with Crippen molar-refractivity contribution in [3.63, 3.8) is 0 Å². The Bertz CT molecular complexity index is 1080. The predicted molar refractivity (Wildman–Crippen MR) is 118 cm³/mol. The molecule has 2 aromatic carbocycles. The molecule has 6 heteroatoms.